The number of hydrogen-bond acceptors (Lipinski definition) is 6. The summed E-state index contributed by atoms with van der Waals surface area (Å²) >= 11 is 1.32. The molecule has 22 heavy (non-hydrogen) atoms. The van der Waals surface area contributed by atoms with Crippen molar-refractivity contribution in [2.75, 3.05) is 11.9 Å². The number of hydrogen-bond donors (Lipinski definition) is 2. The fraction of sp³-hybridized carbons (Fsp3) is 0.214. The maximum atomic E-state index is 11.2. The van der Waals surface area contributed by atoms with Crippen LogP contribution in [0.4, 0.5) is 11.6 Å². The van der Waals surface area contributed by atoms with Gasteiger partial charge in [0.25, 0.3) is 4.96 Å². The highest BCUT2D eigenvalue weighted by Crippen LogP contribution is 2.27. The summed E-state index contributed by atoms with van der Waals surface area (Å²) in [7, 11) is 0. The molecular formula is C14H14N4O3S. The first-order valence-corrected chi connectivity index (χ1v) is 7.59. The predicted molar refractivity (Wildman–Crippen MR) is 84.4 cm³/mol. The van der Waals surface area contributed by atoms with Crippen LogP contribution in [0.25, 0.3) is 4.96 Å². The molecule has 3 rings (SSSR count). The van der Waals surface area contributed by atoms with Crippen molar-refractivity contribution >= 4 is 27.9 Å². The molecule has 0 radical (unpaired) electrons. The van der Waals surface area contributed by atoms with Gasteiger partial charge in [-0.25, -0.2) is 0 Å². The van der Waals surface area contributed by atoms with E-state index in [1.807, 2.05) is 30.3 Å². The highest BCUT2D eigenvalue weighted by molar-refractivity contribution is 7.15. The van der Waals surface area contributed by atoms with E-state index in [1.165, 1.54) is 15.7 Å². The van der Waals surface area contributed by atoms with E-state index < -0.39 is 11.0 Å². The highest BCUT2D eigenvalue weighted by Gasteiger charge is 2.23. The van der Waals surface area contributed by atoms with E-state index in [-0.39, 0.29) is 18.2 Å². The number of aliphatic hydroxyl groups is 1. The minimum absolute atomic E-state index is 0.108. The zero-order chi connectivity index (χ0) is 15.5. The summed E-state index contributed by atoms with van der Waals surface area (Å²) in [4.78, 5) is 15.4. The fourth-order valence-electron chi connectivity index (χ4n) is 2.24. The molecule has 2 N–H and O–H groups in total. The van der Waals surface area contributed by atoms with Crippen molar-refractivity contribution in [2.24, 2.45) is 0 Å². The van der Waals surface area contributed by atoms with E-state index in [0.29, 0.717) is 11.4 Å². The van der Waals surface area contributed by atoms with Crippen LogP contribution >= 0.6 is 11.3 Å². The highest BCUT2D eigenvalue weighted by atomic mass is 32.1. The molecule has 0 aliphatic heterocycles. The molecule has 7 nitrogen and oxygen atoms in total. The molecule has 0 saturated carbocycles. The second kappa shape index (κ2) is 6.12. The first-order valence-electron chi connectivity index (χ1n) is 6.71. The van der Waals surface area contributed by atoms with Gasteiger partial charge in [0.15, 0.2) is 0 Å². The topological polar surface area (TPSA) is 92.7 Å². The first-order chi connectivity index (χ1) is 10.6. The second-order valence-corrected chi connectivity index (χ2v) is 5.69. The lowest BCUT2D eigenvalue weighted by molar-refractivity contribution is -0.389. The van der Waals surface area contributed by atoms with Crippen LogP contribution in [0.5, 0.6) is 0 Å². The maximum absolute atomic E-state index is 11.2. The zero-order valence-electron chi connectivity index (χ0n) is 11.5. The first kappa shape index (κ1) is 14.5. The Hall–Kier alpha value is -2.45. The summed E-state index contributed by atoms with van der Waals surface area (Å²) in [6, 6.07) is 9.58. The summed E-state index contributed by atoms with van der Waals surface area (Å²) < 4.78 is 1.43. The molecule has 1 unspecified atom stereocenters. The number of nitro groups is 1. The fourth-order valence-corrected chi connectivity index (χ4v) is 2.95. The van der Waals surface area contributed by atoms with E-state index >= 15 is 0 Å². The van der Waals surface area contributed by atoms with Gasteiger partial charge in [0.1, 0.15) is 6.20 Å². The average Bonchev–Trinajstić information content (AvgIpc) is 3.05. The molecule has 114 valence electrons. The van der Waals surface area contributed by atoms with Crippen molar-refractivity contribution < 1.29 is 10.0 Å². The minimum atomic E-state index is -0.651. The molecule has 0 aliphatic rings. The quantitative estimate of drug-likeness (QED) is 0.537. The SMILES string of the molecule is O=[N+]([O-])c1c(NCC(O)Cc2ccccc2)nc2sccn12. The van der Waals surface area contributed by atoms with Gasteiger partial charge in [-0.1, -0.05) is 41.7 Å². The summed E-state index contributed by atoms with van der Waals surface area (Å²) in [6.45, 7) is 0.195. The normalized spacial score (nSPS) is 12.4. The Kier molecular flexibility index (Phi) is 4.03. The molecule has 8 heteroatoms. The second-order valence-electron chi connectivity index (χ2n) is 4.82. The van der Waals surface area contributed by atoms with Gasteiger partial charge in [0.2, 0.25) is 5.82 Å². The van der Waals surface area contributed by atoms with E-state index in [4.69, 9.17) is 0 Å². The van der Waals surface area contributed by atoms with Crippen LogP contribution in [0.2, 0.25) is 0 Å². The number of fused-ring (bicyclic) bond motifs is 1. The smallest absolute Gasteiger partial charge is 0.372 e. The molecule has 0 fully saturated rings. The Labute approximate surface area is 130 Å². The van der Waals surface area contributed by atoms with Crippen molar-refractivity contribution in [3.63, 3.8) is 0 Å². The standard InChI is InChI=1S/C14H14N4O3S/c19-11(8-10-4-2-1-3-5-10)9-15-12-13(18(20)21)17-6-7-22-14(17)16-12/h1-7,11,15,19H,8-9H2. The van der Waals surface area contributed by atoms with Crippen molar-refractivity contribution in [2.45, 2.75) is 12.5 Å². The number of imidazole rings is 1. The number of aliphatic hydroxyl groups excluding tert-OH is 1. The largest absolute Gasteiger partial charge is 0.391 e. The molecule has 0 bridgehead atoms. The number of rotatable bonds is 6. The van der Waals surface area contributed by atoms with Crippen molar-refractivity contribution in [3.8, 4) is 0 Å². The Balaban J connectivity index is 1.69. The summed E-state index contributed by atoms with van der Waals surface area (Å²) in [5.41, 5.74) is 1.01. The third kappa shape index (κ3) is 2.92. The molecule has 2 heterocycles. The van der Waals surface area contributed by atoms with E-state index in [9.17, 15) is 15.2 Å². The van der Waals surface area contributed by atoms with Crippen LogP contribution in [-0.2, 0) is 6.42 Å². The molecule has 0 saturated heterocycles. The number of nitrogens with zero attached hydrogens (tertiary/aromatic N) is 3. The summed E-state index contributed by atoms with van der Waals surface area (Å²) in [6.07, 6.45) is 1.43. The molecule has 3 aromatic rings. The van der Waals surface area contributed by atoms with Gasteiger partial charge < -0.3 is 20.5 Å². The van der Waals surface area contributed by atoms with Gasteiger partial charge in [-0.15, -0.1) is 0 Å². The van der Waals surface area contributed by atoms with Crippen LogP contribution in [0, 0.1) is 10.1 Å². The van der Waals surface area contributed by atoms with Crippen molar-refractivity contribution in [1.82, 2.24) is 9.38 Å². The van der Waals surface area contributed by atoms with Gasteiger partial charge >= 0.3 is 5.82 Å². The van der Waals surface area contributed by atoms with Crippen LogP contribution in [0.15, 0.2) is 41.9 Å². The average molecular weight is 318 g/mol. The molecule has 0 amide bonds. The zero-order valence-corrected chi connectivity index (χ0v) is 12.4. The molecule has 0 aliphatic carbocycles. The summed E-state index contributed by atoms with van der Waals surface area (Å²) in [5, 5.41) is 25.8. The van der Waals surface area contributed by atoms with E-state index in [1.54, 1.807) is 11.6 Å². The predicted octanol–water partition coefficient (Wildman–Crippen LogP) is 2.32. The number of thiazole rings is 1. The minimum Gasteiger partial charge on any atom is -0.391 e. The summed E-state index contributed by atoms with van der Waals surface area (Å²) in [5.74, 6) is 0.0760. The molecule has 2 aromatic heterocycles. The van der Waals surface area contributed by atoms with Gasteiger partial charge in [-0.3, -0.25) is 0 Å². The van der Waals surface area contributed by atoms with Crippen molar-refractivity contribution in [1.29, 1.82) is 0 Å². The van der Waals surface area contributed by atoms with Gasteiger partial charge in [0, 0.05) is 18.3 Å². The van der Waals surface area contributed by atoms with Crippen LogP contribution in [0.1, 0.15) is 5.56 Å². The number of anilines is 1. The lowest BCUT2D eigenvalue weighted by Crippen LogP contribution is -2.22. The lowest BCUT2D eigenvalue weighted by Gasteiger charge is -2.11. The van der Waals surface area contributed by atoms with Crippen LogP contribution < -0.4 is 5.32 Å². The van der Waals surface area contributed by atoms with Gasteiger partial charge in [-0.2, -0.15) is 9.38 Å². The van der Waals surface area contributed by atoms with Crippen LogP contribution in [0.3, 0.4) is 0 Å². The Bertz CT molecular complexity index is 784. The van der Waals surface area contributed by atoms with E-state index in [2.05, 4.69) is 10.3 Å². The van der Waals surface area contributed by atoms with Crippen molar-refractivity contribution in [3.05, 3.63) is 57.6 Å². The molecular weight excluding hydrogens is 304 g/mol. The molecule has 0 spiro atoms. The lowest BCUT2D eigenvalue weighted by atomic mass is 10.1. The van der Waals surface area contributed by atoms with Gasteiger partial charge in [0.05, 0.1) is 6.10 Å². The maximum Gasteiger partial charge on any atom is 0.372 e. The number of nitrogens with one attached hydrogen (secondary N) is 1. The number of benzene rings is 1. The Morgan fingerprint density at radius 3 is 2.91 bits per heavy atom. The monoisotopic (exact) mass is 318 g/mol. The Morgan fingerprint density at radius 1 is 1.41 bits per heavy atom. The Morgan fingerprint density at radius 2 is 2.18 bits per heavy atom. The molecule has 1 aromatic carbocycles. The number of aromatic nitrogens is 2. The van der Waals surface area contributed by atoms with E-state index in [0.717, 1.165) is 5.56 Å². The molecule has 1 atom stereocenters. The van der Waals surface area contributed by atoms with Gasteiger partial charge in [-0.05, 0) is 10.5 Å². The third-order valence-electron chi connectivity index (χ3n) is 3.23. The third-order valence-corrected chi connectivity index (χ3v) is 3.99. The van der Waals surface area contributed by atoms with Crippen LogP contribution in [-0.4, -0.2) is 32.1 Å².